The summed E-state index contributed by atoms with van der Waals surface area (Å²) < 4.78 is 11.9. The molecule has 0 fully saturated rings. The molecule has 0 spiro atoms. The first-order valence-corrected chi connectivity index (χ1v) is 12.0. The fourth-order valence-electron chi connectivity index (χ4n) is 4.57. The van der Waals surface area contributed by atoms with Crippen LogP contribution in [0.4, 0.5) is 5.69 Å². The van der Waals surface area contributed by atoms with E-state index in [4.69, 9.17) is 32.7 Å². The van der Waals surface area contributed by atoms with E-state index in [1.54, 1.807) is 43.3 Å². The molecule has 1 aliphatic rings. The molecule has 4 rings (SSSR count). The van der Waals surface area contributed by atoms with Crippen LogP contribution in [0.15, 0.2) is 65.4 Å². The molecule has 9 heteroatoms. The van der Waals surface area contributed by atoms with Gasteiger partial charge in [0.05, 0.1) is 42.3 Å². The van der Waals surface area contributed by atoms with Gasteiger partial charge in [-0.05, 0) is 68.8 Å². The standard InChI is InChI=1S/C28H24Cl2N2O5/c1-15-10-18(16(2)31(15)24-9-7-6-8-22(24)27(34)36-4)11-23-25(28(35)37-5)17(3)32(26(23)33)21-13-19(29)12-20(30)14-21/h6-14H,1-5H3/b23-11-. The second kappa shape index (κ2) is 10.3. The lowest BCUT2D eigenvalue weighted by atomic mass is 10.0. The molecule has 0 atom stereocenters. The number of amides is 1. The van der Waals surface area contributed by atoms with Crippen molar-refractivity contribution < 1.29 is 23.9 Å². The van der Waals surface area contributed by atoms with Gasteiger partial charge in [0.15, 0.2) is 0 Å². The highest BCUT2D eigenvalue weighted by molar-refractivity contribution is 6.35. The lowest BCUT2D eigenvalue weighted by Gasteiger charge is -2.18. The molecule has 0 N–H and O–H groups in total. The number of nitrogens with zero attached hydrogens (tertiary/aromatic N) is 2. The Labute approximate surface area is 224 Å². The summed E-state index contributed by atoms with van der Waals surface area (Å²) in [5, 5.41) is 0.709. The van der Waals surface area contributed by atoms with E-state index in [2.05, 4.69) is 0 Å². The van der Waals surface area contributed by atoms with Gasteiger partial charge >= 0.3 is 11.9 Å². The number of aryl methyl sites for hydroxylation is 1. The summed E-state index contributed by atoms with van der Waals surface area (Å²) in [5.74, 6) is -1.52. The summed E-state index contributed by atoms with van der Waals surface area (Å²) >= 11 is 12.4. The van der Waals surface area contributed by atoms with E-state index in [-0.39, 0.29) is 11.1 Å². The third-order valence-corrected chi connectivity index (χ3v) is 6.65. The van der Waals surface area contributed by atoms with Crippen LogP contribution in [0.2, 0.25) is 10.0 Å². The summed E-state index contributed by atoms with van der Waals surface area (Å²) in [6, 6.07) is 13.7. The highest BCUT2D eigenvalue weighted by Crippen LogP contribution is 2.38. The van der Waals surface area contributed by atoms with E-state index in [0.29, 0.717) is 38.2 Å². The summed E-state index contributed by atoms with van der Waals surface area (Å²) in [4.78, 5) is 40.3. The van der Waals surface area contributed by atoms with Gasteiger partial charge in [0.25, 0.3) is 5.91 Å². The number of anilines is 1. The second-order valence-corrected chi connectivity index (χ2v) is 9.32. The zero-order chi connectivity index (χ0) is 27.0. The summed E-state index contributed by atoms with van der Waals surface area (Å²) in [6.45, 7) is 5.42. The van der Waals surface area contributed by atoms with Gasteiger partial charge in [0.2, 0.25) is 0 Å². The molecule has 0 saturated heterocycles. The molecule has 190 valence electrons. The molecule has 0 aliphatic carbocycles. The Morgan fingerprint density at radius 1 is 0.892 bits per heavy atom. The molecule has 1 aliphatic heterocycles. The van der Waals surface area contributed by atoms with Crippen molar-refractivity contribution in [3.63, 3.8) is 0 Å². The molecule has 3 aromatic rings. The fourth-order valence-corrected chi connectivity index (χ4v) is 5.08. The van der Waals surface area contributed by atoms with E-state index in [9.17, 15) is 14.4 Å². The third kappa shape index (κ3) is 4.68. The number of hydrogen-bond acceptors (Lipinski definition) is 5. The molecule has 0 radical (unpaired) electrons. The number of para-hydroxylation sites is 1. The number of carbonyl (C=O) groups excluding carboxylic acids is 3. The topological polar surface area (TPSA) is 77.8 Å². The van der Waals surface area contributed by atoms with E-state index < -0.39 is 17.8 Å². The molecule has 2 aromatic carbocycles. The predicted molar refractivity (Wildman–Crippen MR) is 143 cm³/mol. The van der Waals surface area contributed by atoms with Crippen molar-refractivity contribution in [1.29, 1.82) is 0 Å². The van der Waals surface area contributed by atoms with E-state index in [1.165, 1.54) is 19.1 Å². The number of esters is 2. The highest BCUT2D eigenvalue weighted by atomic mass is 35.5. The Balaban J connectivity index is 1.88. The van der Waals surface area contributed by atoms with Crippen molar-refractivity contribution >= 4 is 52.8 Å². The molecule has 37 heavy (non-hydrogen) atoms. The van der Waals surface area contributed by atoms with Crippen LogP contribution in [-0.2, 0) is 19.1 Å². The number of methoxy groups -OCH3 is 2. The predicted octanol–water partition coefficient (Wildman–Crippen LogP) is 6.06. The molecule has 7 nitrogen and oxygen atoms in total. The van der Waals surface area contributed by atoms with Crippen molar-refractivity contribution in [2.24, 2.45) is 0 Å². The lowest BCUT2D eigenvalue weighted by molar-refractivity contribution is -0.136. The van der Waals surface area contributed by atoms with Crippen LogP contribution in [0, 0.1) is 13.8 Å². The van der Waals surface area contributed by atoms with Gasteiger partial charge in [-0.15, -0.1) is 0 Å². The van der Waals surface area contributed by atoms with Crippen molar-refractivity contribution in [2.45, 2.75) is 20.8 Å². The summed E-state index contributed by atoms with van der Waals surface area (Å²) in [6.07, 6.45) is 1.66. The smallest absolute Gasteiger partial charge is 0.340 e. The number of rotatable bonds is 5. The van der Waals surface area contributed by atoms with E-state index in [1.807, 2.05) is 36.6 Å². The molecular weight excluding hydrogens is 515 g/mol. The average Bonchev–Trinajstić information content (AvgIpc) is 3.28. The number of aromatic nitrogens is 1. The van der Waals surface area contributed by atoms with Gasteiger partial charge in [-0.3, -0.25) is 9.69 Å². The van der Waals surface area contributed by atoms with Gasteiger partial charge in [0, 0.05) is 27.1 Å². The number of benzene rings is 2. The maximum Gasteiger partial charge on any atom is 0.340 e. The molecule has 0 unspecified atom stereocenters. The molecule has 2 heterocycles. The lowest BCUT2D eigenvalue weighted by Crippen LogP contribution is -2.24. The molecule has 1 amide bonds. The van der Waals surface area contributed by atoms with Crippen LogP contribution in [0.1, 0.15) is 34.2 Å². The minimum Gasteiger partial charge on any atom is -0.465 e. The highest BCUT2D eigenvalue weighted by Gasteiger charge is 2.38. The van der Waals surface area contributed by atoms with Gasteiger partial charge in [0.1, 0.15) is 0 Å². The van der Waals surface area contributed by atoms with Crippen LogP contribution >= 0.6 is 23.2 Å². The molecule has 0 bridgehead atoms. The number of ether oxygens (including phenoxy) is 2. The SMILES string of the molecule is COC(=O)C1=C(C)N(c2cc(Cl)cc(Cl)c2)C(=O)/C1=C\c1cc(C)n(-c2ccccc2C(=O)OC)c1C. The van der Waals surface area contributed by atoms with Crippen molar-refractivity contribution in [3.8, 4) is 5.69 Å². The number of allylic oxidation sites excluding steroid dienone is 1. The number of hydrogen-bond donors (Lipinski definition) is 0. The Bertz CT molecular complexity index is 1500. The summed E-state index contributed by atoms with van der Waals surface area (Å²) in [5.41, 5.74) is 4.46. The average molecular weight is 539 g/mol. The molecular formula is C28H24Cl2N2O5. The third-order valence-electron chi connectivity index (χ3n) is 6.22. The minimum atomic E-state index is -0.641. The Hall–Kier alpha value is -3.81. The van der Waals surface area contributed by atoms with Crippen LogP contribution in [-0.4, -0.2) is 36.6 Å². The van der Waals surface area contributed by atoms with E-state index in [0.717, 1.165) is 11.4 Å². The van der Waals surface area contributed by atoms with E-state index >= 15 is 0 Å². The van der Waals surface area contributed by atoms with Gasteiger partial charge in [-0.25, -0.2) is 9.59 Å². The number of halogens is 2. The number of carbonyl (C=O) groups is 3. The second-order valence-electron chi connectivity index (χ2n) is 8.45. The van der Waals surface area contributed by atoms with Crippen LogP contribution < -0.4 is 4.90 Å². The Kier molecular flexibility index (Phi) is 7.30. The zero-order valence-electron chi connectivity index (χ0n) is 20.9. The minimum absolute atomic E-state index is 0.142. The first kappa shape index (κ1) is 26.3. The fraction of sp³-hybridized carbons (Fsp3) is 0.179. The largest absolute Gasteiger partial charge is 0.465 e. The Morgan fingerprint density at radius 2 is 1.51 bits per heavy atom. The zero-order valence-corrected chi connectivity index (χ0v) is 22.4. The van der Waals surface area contributed by atoms with Crippen molar-refractivity contribution in [3.05, 3.63) is 97.9 Å². The quantitative estimate of drug-likeness (QED) is 0.291. The Morgan fingerprint density at radius 3 is 2.14 bits per heavy atom. The van der Waals surface area contributed by atoms with Gasteiger partial charge in [-0.2, -0.15) is 0 Å². The maximum atomic E-state index is 13.7. The normalized spacial score (nSPS) is 14.5. The first-order chi connectivity index (χ1) is 17.6. The molecule has 0 saturated carbocycles. The van der Waals surface area contributed by atoms with Crippen LogP contribution in [0.3, 0.4) is 0 Å². The summed E-state index contributed by atoms with van der Waals surface area (Å²) in [7, 11) is 2.59. The first-order valence-electron chi connectivity index (χ1n) is 11.3. The monoisotopic (exact) mass is 538 g/mol. The van der Waals surface area contributed by atoms with Gasteiger partial charge < -0.3 is 14.0 Å². The van der Waals surface area contributed by atoms with Crippen LogP contribution in [0.5, 0.6) is 0 Å². The van der Waals surface area contributed by atoms with Crippen molar-refractivity contribution in [2.75, 3.05) is 19.1 Å². The van der Waals surface area contributed by atoms with Crippen molar-refractivity contribution in [1.82, 2.24) is 4.57 Å². The van der Waals surface area contributed by atoms with Gasteiger partial charge in [-0.1, -0.05) is 35.3 Å². The van der Waals surface area contributed by atoms with Crippen LogP contribution in [0.25, 0.3) is 11.8 Å². The maximum absolute atomic E-state index is 13.7. The molecule has 1 aromatic heterocycles.